The molecule has 2 atom stereocenters. The lowest BCUT2D eigenvalue weighted by Gasteiger charge is -2.24. The summed E-state index contributed by atoms with van der Waals surface area (Å²) in [4.78, 5) is 14.6. The van der Waals surface area contributed by atoms with Crippen LogP contribution in [0.5, 0.6) is 11.5 Å². The van der Waals surface area contributed by atoms with Crippen molar-refractivity contribution in [1.29, 1.82) is 0 Å². The van der Waals surface area contributed by atoms with E-state index in [0.717, 1.165) is 25.3 Å². The lowest BCUT2D eigenvalue weighted by Crippen LogP contribution is -2.40. The van der Waals surface area contributed by atoms with Crippen LogP contribution in [0.15, 0.2) is 54.6 Å². The van der Waals surface area contributed by atoms with E-state index in [1.165, 1.54) is 5.56 Å². The van der Waals surface area contributed by atoms with E-state index < -0.39 is 0 Å². The molecule has 0 unspecified atom stereocenters. The van der Waals surface area contributed by atoms with Crippen molar-refractivity contribution in [3.63, 3.8) is 0 Å². The number of rotatable bonds is 7. The lowest BCUT2D eigenvalue weighted by atomic mass is 10.1. The molecule has 0 spiro atoms. The van der Waals surface area contributed by atoms with Gasteiger partial charge in [0, 0.05) is 25.2 Å². The first-order valence-electron chi connectivity index (χ1n) is 9.01. The van der Waals surface area contributed by atoms with Crippen LogP contribution in [-0.2, 0) is 4.79 Å². The summed E-state index contributed by atoms with van der Waals surface area (Å²) < 4.78 is 10.6. The number of benzene rings is 2. The highest BCUT2D eigenvalue weighted by molar-refractivity contribution is 5.77. The minimum absolute atomic E-state index is 0.0249. The van der Waals surface area contributed by atoms with E-state index in [0.29, 0.717) is 11.8 Å². The second-order valence-electron chi connectivity index (χ2n) is 6.60. The van der Waals surface area contributed by atoms with Gasteiger partial charge in [-0.25, -0.2) is 0 Å². The number of amides is 1. The Morgan fingerprint density at radius 3 is 2.54 bits per heavy atom. The highest BCUT2D eigenvalue weighted by atomic mass is 16.5. The van der Waals surface area contributed by atoms with Crippen LogP contribution in [0.4, 0.5) is 0 Å². The molecule has 1 amide bonds. The number of likely N-dealkylation sites (tertiary alicyclic amines) is 1. The fraction of sp³-hybridized carbons (Fsp3) is 0.381. The third kappa shape index (κ3) is 4.76. The molecular formula is C21H26N2O3. The van der Waals surface area contributed by atoms with Crippen LogP contribution >= 0.6 is 0 Å². The van der Waals surface area contributed by atoms with Gasteiger partial charge in [0.2, 0.25) is 0 Å². The number of hydrogen-bond acceptors (Lipinski definition) is 4. The van der Waals surface area contributed by atoms with Crippen LogP contribution in [0.3, 0.4) is 0 Å². The predicted octanol–water partition coefficient (Wildman–Crippen LogP) is 3.03. The van der Waals surface area contributed by atoms with Gasteiger partial charge in [0.1, 0.15) is 11.5 Å². The van der Waals surface area contributed by atoms with Crippen LogP contribution in [0.2, 0.25) is 0 Å². The Morgan fingerprint density at radius 1 is 1.15 bits per heavy atom. The Kier molecular flexibility index (Phi) is 6.12. The molecule has 1 aliphatic rings. The fourth-order valence-corrected chi connectivity index (χ4v) is 3.29. The maximum absolute atomic E-state index is 12.2. The first-order valence-corrected chi connectivity index (χ1v) is 9.01. The summed E-state index contributed by atoms with van der Waals surface area (Å²) in [5, 5.41) is 3.08. The minimum atomic E-state index is -0.0833. The summed E-state index contributed by atoms with van der Waals surface area (Å²) in [5.41, 5.74) is 1.31. The Labute approximate surface area is 154 Å². The van der Waals surface area contributed by atoms with Crippen molar-refractivity contribution in [2.75, 3.05) is 26.8 Å². The van der Waals surface area contributed by atoms with Crippen molar-refractivity contribution in [2.24, 2.45) is 0 Å². The van der Waals surface area contributed by atoms with Crippen molar-refractivity contribution in [1.82, 2.24) is 10.2 Å². The quantitative estimate of drug-likeness (QED) is 0.830. The van der Waals surface area contributed by atoms with E-state index in [9.17, 15) is 4.79 Å². The molecule has 2 aromatic rings. The average molecular weight is 354 g/mol. The largest absolute Gasteiger partial charge is 0.497 e. The third-order valence-electron chi connectivity index (χ3n) is 4.84. The summed E-state index contributed by atoms with van der Waals surface area (Å²) in [6.45, 7) is 4.09. The van der Waals surface area contributed by atoms with E-state index >= 15 is 0 Å². The Bertz CT molecular complexity index is 703. The van der Waals surface area contributed by atoms with Crippen molar-refractivity contribution in [3.05, 3.63) is 60.2 Å². The topological polar surface area (TPSA) is 50.8 Å². The second-order valence-corrected chi connectivity index (χ2v) is 6.60. The van der Waals surface area contributed by atoms with E-state index in [2.05, 4.69) is 41.4 Å². The third-order valence-corrected chi connectivity index (χ3v) is 4.84. The SMILES string of the molecule is COc1ccc(OCC(=O)N[C@@H]2CCN([C@@H](C)c3ccccc3)C2)cc1. The normalized spacial score (nSPS) is 18.3. The molecular weight excluding hydrogens is 328 g/mol. The number of methoxy groups -OCH3 is 1. The van der Waals surface area contributed by atoms with Gasteiger partial charge in [-0.15, -0.1) is 0 Å². The van der Waals surface area contributed by atoms with Crippen LogP contribution < -0.4 is 14.8 Å². The summed E-state index contributed by atoms with van der Waals surface area (Å²) in [7, 11) is 1.62. The Balaban J connectivity index is 1.43. The van der Waals surface area contributed by atoms with Crippen LogP contribution in [0.1, 0.15) is 24.9 Å². The standard InChI is InChI=1S/C21H26N2O3/c1-16(17-6-4-3-5-7-17)23-13-12-18(14-23)22-21(24)15-26-20-10-8-19(25-2)9-11-20/h3-11,16,18H,12-15H2,1-2H3,(H,22,24)/t16-,18+/m0/s1. The van der Waals surface area contributed by atoms with Crippen molar-refractivity contribution < 1.29 is 14.3 Å². The summed E-state index contributed by atoms with van der Waals surface area (Å²) in [6.07, 6.45) is 0.964. The Morgan fingerprint density at radius 2 is 1.85 bits per heavy atom. The fourth-order valence-electron chi connectivity index (χ4n) is 3.29. The zero-order chi connectivity index (χ0) is 18.4. The molecule has 3 rings (SSSR count). The van der Waals surface area contributed by atoms with Gasteiger partial charge in [-0.3, -0.25) is 9.69 Å². The molecule has 0 aliphatic carbocycles. The van der Waals surface area contributed by atoms with E-state index in [1.807, 2.05) is 18.2 Å². The van der Waals surface area contributed by atoms with Gasteiger partial charge in [-0.2, -0.15) is 0 Å². The molecule has 5 heteroatoms. The van der Waals surface area contributed by atoms with Crippen molar-refractivity contribution in [2.45, 2.75) is 25.4 Å². The molecule has 0 bridgehead atoms. The molecule has 0 aromatic heterocycles. The molecule has 5 nitrogen and oxygen atoms in total. The smallest absolute Gasteiger partial charge is 0.258 e. The second kappa shape index (κ2) is 8.72. The highest BCUT2D eigenvalue weighted by Crippen LogP contribution is 2.24. The maximum Gasteiger partial charge on any atom is 0.258 e. The summed E-state index contributed by atoms with van der Waals surface area (Å²) >= 11 is 0. The van der Waals surface area contributed by atoms with Crippen LogP contribution in [0, 0.1) is 0 Å². The first kappa shape index (κ1) is 18.3. The molecule has 0 radical (unpaired) electrons. The maximum atomic E-state index is 12.2. The van der Waals surface area contributed by atoms with Crippen molar-refractivity contribution in [3.8, 4) is 11.5 Å². The van der Waals surface area contributed by atoms with E-state index in [4.69, 9.17) is 9.47 Å². The number of hydrogen-bond donors (Lipinski definition) is 1. The number of ether oxygens (including phenoxy) is 2. The average Bonchev–Trinajstić information content (AvgIpc) is 3.15. The Hall–Kier alpha value is -2.53. The molecule has 26 heavy (non-hydrogen) atoms. The first-order chi connectivity index (χ1) is 12.7. The summed E-state index contributed by atoms with van der Waals surface area (Å²) in [5.74, 6) is 1.34. The van der Waals surface area contributed by atoms with Crippen LogP contribution in [-0.4, -0.2) is 43.7 Å². The van der Waals surface area contributed by atoms with Gasteiger partial charge >= 0.3 is 0 Å². The van der Waals surface area contributed by atoms with Gasteiger partial charge in [-0.05, 0) is 43.2 Å². The molecule has 1 fully saturated rings. The number of nitrogens with one attached hydrogen (secondary N) is 1. The van der Waals surface area contributed by atoms with Crippen LogP contribution in [0.25, 0.3) is 0 Å². The van der Waals surface area contributed by atoms with Gasteiger partial charge in [0.15, 0.2) is 6.61 Å². The van der Waals surface area contributed by atoms with Gasteiger partial charge in [0.25, 0.3) is 5.91 Å². The molecule has 1 heterocycles. The zero-order valence-corrected chi connectivity index (χ0v) is 15.4. The molecule has 1 N–H and O–H groups in total. The summed E-state index contributed by atoms with van der Waals surface area (Å²) in [6, 6.07) is 18.2. The molecule has 2 aromatic carbocycles. The number of nitrogens with zero attached hydrogens (tertiary/aromatic N) is 1. The minimum Gasteiger partial charge on any atom is -0.497 e. The number of carbonyl (C=O) groups excluding carboxylic acids is 1. The highest BCUT2D eigenvalue weighted by Gasteiger charge is 2.27. The predicted molar refractivity (Wildman–Crippen MR) is 101 cm³/mol. The zero-order valence-electron chi connectivity index (χ0n) is 15.4. The molecule has 0 saturated carbocycles. The molecule has 1 saturated heterocycles. The van der Waals surface area contributed by atoms with E-state index in [-0.39, 0.29) is 18.6 Å². The van der Waals surface area contributed by atoms with Gasteiger partial charge in [-0.1, -0.05) is 30.3 Å². The molecule has 138 valence electrons. The van der Waals surface area contributed by atoms with Gasteiger partial charge < -0.3 is 14.8 Å². The molecule has 1 aliphatic heterocycles. The van der Waals surface area contributed by atoms with E-state index in [1.54, 1.807) is 19.2 Å². The monoisotopic (exact) mass is 354 g/mol. The van der Waals surface area contributed by atoms with Gasteiger partial charge in [0.05, 0.1) is 7.11 Å². The number of carbonyl (C=O) groups is 1. The van der Waals surface area contributed by atoms with Crippen molar-refractivity contribution >= 4 is 5.91 Å². The lowest BCUT2D eigenvalue weighted by molar-refractivity contribution is -0.123.